The molecule has 0 amide bonds. The van der Waals surface area contributed by atoms with Crippen LogP contribution in [0.2, 0.25) is 5.02 Å². The average molecular weight is 396 g/mol. The van der Waals surface area contributed by atoms with E-state index in [-0.39, 0.29) is 0 Å². The lowest BCUT2D eigenvalue weighted by Crippen LogP contribution is -2.19. The quantitative estimate of drug-likeness (QED) is 0.520. The Morgan fingerprint density at radius 3 is 2.79 bits per heavy atom. The smallest absolute Gasteiger partial charge is 0.157 e. The minimum absolute atomic E-state index is 0.598. The zero-order chi connectivity index (χ0) is 19.7. The van der Waals surface area contributed by atoms with E-state index in [0.29, 0.717) is 17.4 Å². The van der Waals surface area contributed by atoms with Crippen molar-refractivity contribution in [1.82, 2.24) is 19.3 Å². The number of hydrogen-bond donors (Lipinski definition) is 1. The molecule has 2 heterocycles. The second kappa shape index (κ2) is 7.66. The molecule has 0 aliphatic carbocycles. The number of rotatable bonds is 6. The molecule has 0 unspecified atom stereocenters. The van der Waals surface area contributed by atoms with Gasteiger partial charge >= 0.3 is 0 Å². The molecule has 7 heteroatoms. The lowest BCUT2D eigenvalue weighted by Gasteiger charge is -2.16. The van der Waals surface area contributed by atoms with Crippen molar-refractivity contribution in [2.24, 2.45) is 0 Å². The van der Waals surface area contributed by atoms with E-state index in [1.54, 1.807) is 12.5 Å². The van der Waals surface area contributed by atoms with Crippen LogP contribution in [0.25, 0.3) is 16.6 Å². The molecule has 2 aromatic heterocycles. The Bertz CT molecular complexity index is 1120. The van der Waals surface area contributed by atoms with Crippen molar-refractivity contribution in [2.45, 2.75) is 6.92 Å². The zero-order valence-electron chi connectivity index (χ0n) is 16.1. The van der Waals surface area contributed by atoms with Gasteiger partial charge in [0.1, 0.15) is 23.4 Å². The van der Waals surface area contributed by atoms with Crippen LogP contribution < -0.4 is 10.1 Å². The lowest BCUT2D eigenvalue weighted by molar-refractivity contribution is 0.263. The molecule has 0 aliphatic rings. The van der Waals surface area contributed by atoms with Gasteiger partial charge in [-0.25, -0.2) is 9.97 Å². The Kier molecular flexibility index (Phi) is 5.07. The molecular weight excluding hydrogens is 374 g/mol. The van der Waals surface area contributed by atoms with Crippen molar-refractivity contribution < 1.29 is 4.74 Å². The predicted molar refractivity (Wildman–Crippen MR) is 114 cm³/mol. The van der Waals surface area contributed by atoms with Crippen LogP contribution in [0.1, 0.15) is 5.56 Å². The molecule has 0 fully saturated rings. The molecule has 4 aromatic rings. The van der Waals surface area contributed by atoms with Gasteiger partial charge < -0.3 is 15.0 Å². The summed E-state index contributed by atoms with van der Waals surface area (Å²) >= 11 is 6.39. The molecule has 0 spiro atoms. The van der Waals surface area contributed by atoms with E-state index in [0.717, 1.165) is 40.1 Å². The molecule has 0 saturated carbocycles. The normalized spacial score (nSPS) is 11.5. The maximum Gasteiger partial charge on any atom is 0.157 e. The third kappa shape index (κ3) is 3.48. The summed E-state index contributed by atoms with van der Waals surface area (Å²) in [6.45, 7) is 3.45. The molecular formula is C21H22ClN5O. The number of ether oxygens (including phenoxy) is 1. The molecule has 0 bridgehead atoms. The number of hydrogen-bond acceptors (Lipinski definition) is 5. The molecule has 0 aliphatic heterocycles. The van der Waals surface area contributed by atoms with Gasteiger partial charge in [0.2, 0.25) is 0 Å². The highest BCUT2D eigenvalue weighted by atomic mass is 35.5. The first-order valence-electron chi connectivity index (χ1n) is 9.09. The van der Waals surface area contributed by atoms with Crippen molar-refractivity contribution in [3.05, 3.63) is 59.5 Å². The number of nitrogens with zero attached hydrogens (tertiary/aromatic N) is 4. The second-order valence-corrected chi connectivity index (χ2v) is 7.35. The number of nitrogens with one attached hydrogen (secondary N) is 1. The average Bonchev–Trinajstić information content (AvgIpc) is 3.14. The molecule has 6 nitrogen and oxygen atoms in total. The maximum atomic E-state index is 6.39. The van der Waals surface area contributed by atoms with Crippen LogP contribution in [0, 0.1) is 6.92 Å². The first kappa shape index (κ1) is 18.5. The van der Waals surface area contributed by atoms with E-state index < -0.39 is 0 Å². The summed E-state index contributed by atoms with van der Waals surface area (Å²) in [5.74, 6) is 1.49. The highest BCUT2D eigenvalue weighted by Gasteiger charge is 2.14. The molecule has 28 heavy (non-hydrogen) atoms. The SMILES string of the molecule is Cc1cccc(Cl)c1Nc1nc2cccc(OCCN(C)C)c2n2cncc12. The maximum absolute atomic E-state index is 6.39. The third-order valence-electron chi connectivity index (χ3n) is 4.59. The van der Waals surface area contributed by atoms with Crippen molar-refractivity contribution in [2.75, 3.05) is 32.6 Å². The Labute approximate surface area is 168 Å². The summed E-state index contributed by atoms with van der Waals surface area (Å²) in [6, 6.07) is 11.7. The second-order valence-electron chi connectivity index (χ2n) is 6.94. The summed E-state index contributed by atoms with van der Waals surface area (Å²) in [5.41, 5.74) is 4.47. The fourth-order valence-corrected chi connectivity index (χ4v) is 3.39. The number of para-hydroxylation sites is 2. The van der Waals surface area contributed by atoms with E-state index in [4.69, 9.17) is 21.3 Å². The van der Waals surface area contributed by atoms with E-state index in [1.165, 1.54) is 0 Å². The van der Waals surface area contributed by atoms with Crippen LogP contribution in [-0.2, 0) is 0 Å². The van der Waals surface area contributed by atoms with E-state index in [1.807, 2.05) is 61.8 Å². The summed E-state index contributed by atoms with van der Waals surface area (Å²) in [6.07, 6.45) is 3.57. The van der Waals surface area contributed by atoms with E-state index in [9.17, 15) is 0 Å². The largest absolute Gasteiger partial charge is 0.490 e. The monoisotopic (exact) mass is 395 g/mol. The highest BCUT2D eigenvalue weighted by Crippen LogP contribution is 2.33. The Hall–Kier alpha value is -2.83. The van der Waals surface area contributed by atoms with Gasteiger partial charge in [0.25, 0.3) is 0 Å². The van der Waals surface area contributed by atoms with E-state index >= 15 is 0 Å². The van der Waals surface area contributed by atoms with Gasteiger partial charge in [-0.1, -0.05) is 29.8 Å². The Morgan fingerprint density at radius 1 is 1.18 bits per heavy atom. The Balaban J connectivity index is 1.81. The molecule has 0 radical (unpaired) electrons. The van der Waals surface area contributed by atoms with Gasteiger partial charge in [-0.3, -0.25) is 4.40 Å². The van der Waals surface area contributed by atoms with Gasteiger partial charge in [-0.05, 0) is 44.8 Å². The van der Waals surface area contributed by atoms with E-state index in [2.05, 4.69) is 15.2 Å². The van der Waals surface area contributed by atoms with Crippen molar-refractivity contribution in [3.63, 3.8) is 0 Å². The first-order chi connectivity index (χ1) is 13.5. The van der Waals surface area contributed by atoms with Crippen LogP contribution in [0.5, 0.6) is 5.75 Å². The number of likely N-dealkylation sites (N-methyl/N-ethyl adjacent to an activating group) is 1. The van der Waals surface area contributed by atoms with Crippen LogP contribution >= 0.6 is 11.6 Å². The van der Waals surface area contributed by atoms with Crippen LogP contribution in [0.15, 0.2) is 48.9 Å². The lowest BCUT2D eigenvalue weighted by atomic mass is 10.2. The van der Waals surface area contributed by atoms with Gasteiger partial charge in [0.15, 0.2) is 5.82 Å². The molecule has 2 aromatic carbocycles. The minimum Gasteiger partial charge on any atom is -0.490 e. The van der Waals surface area contributed by atoms with Crippen molar-refractivity contribution >= 4 is 39.7 Å². The third-order valence-corrected chi connectivity index (χ3v) is 4.91. The summed E-state index contributed by atoms with van der Waals surface area (Å²) in [7, 11) is 4.05. The first-order valence-corrected chi connectivity index (χ1v) is 9.47. The van der Waals surface area contributed by atoms with Crippen molar-refractivity contribution in [1.29, 1.82) is 0 Å². The summed E-state index contributed by atoms with van der Waals surface area (Å²) in [5, 5.41) is 4.04. The van der Waals surface area contributed by atoms with Gasteiger partial charge in [0.05, 0.1) is 28.8 Å². The number of aromatic nitrogens is 3. The molecule has 4 rings (SSSR count). The van der Waals surface area contributed by atoms with Crippen LogP contribution in [0.3, 0.4) is 0 Å². The van der Waals surface area contributed by atoms with Gasteiger partial charge in [-0.2, -0.15) is 0 Å². The van der Waals surface area contributed by atoms with Crippen molar-refractivity contribution in [3.8, 4) is 5.75 Å². The summed E-state index contributed by atoms with van der Waals surface area (Å²) in [4.78, 5) is 11.3. The standard InChI is InChI=1S/C21H22ClN5O/c1-14-6-4-7-15(22)19(14)25-21-17-12-23-13-27(17)20-16(24-21)8-5-9-18(20)28-11-10-26(2)3/h4-9,12-13H,10-11H2,1-3H3,(H,24,25). The highest BCUT2D eigenvalue weighted by molar-refractivity contribution is 6.33. The number of imidazole rings is 1. The molecule has 144 valence electrons. The fraction of sp³-hybridized carbons (Fsp3) is 0.238. The number of anilines is 2. The predicted octanol–water partition coefficient (Wildman–Crippen LogP) is 4.53. The van der Waals surface area contributed by atoms with Crippen LogP contribution in [0.4, 0.5) is 11.5 Å². The van der Waals surface area contributed by atoms with Gasteiger partial charge in [0, 0.05) is 6.54 Å². The number of halogens is 1. The number of aryl methyl sites for hydroxylation is 1. The Morgan fingerprint density at radius 2 is 2.00 bits per heavy atom. The molecule has 0 saturated heterocycles. The molecule has 0 atom stereocenters. The van der Waals surface area contributed by atoms with Gasteiger partial charge in [-0.15, -0.1) is 0 Å². The zero-order valence-corrected chi connectivity index (χ0v) is 16.9. The summed E-state index contributed by atoms with van der Waals surface area (Å²) < 4.78 is 8.03. The topological polar surface area (TPSA) is 54.7 Å². The van der Waals surface area contributed by atoms with Crippen LogP contribution in [-0.4, -0.2) is 46.5 Å². The number of benzene rings is 2. The fourth-order valence-electron chi connectivity index (χ4n) is 3.12. The minimum atomic E-state index is 0.598. The molecule has 1 N–H and O–H groups in total. The number of fused-ring (bicyclic) bond motifs is 3.